The number of hydrogen-bond donors (Lipinski definition) is 3. The summed E-state index contributed by atoms with van der Waals surface area (Å²) in [6.45, 7) is 0. The Morgan fingerprint density at radius 2 is 2.06 bits per heavy atom. The van der Waals surface area contributed by atoms with Crippen LogP contribution in [0.1, 0.15) is 17.2 Å². The number of aliphatic hydroxyl groups is 1. The van der Waals surface area contributed by atoms with E-state index in [-0.39, 0.29) is 23.6 Å². The van der Waals surface area contributed by atoms with Crippen LogP contribution in [-0.2, 0) is 16.0 Å². The number of Topliss-reactive ketones (excluding diaryl/α,β-unsaturated/α-hetero) is 1. The molecule has 2 N–H and O–H groups in total. The van der Waals surface area contributed by atoms with Gasteiger partial charge >= 0.3 is 5.97 Å². The third-order valence-corrected chi connectivity index (χ3v) is 2.91. The van der Waals surface area contributed by atoms with Crippen LogP contribution in [0.2, 0.25) is 0 Å². The molecular formula is C11H11ClO4S. The molecule has 0 saturated heterocycles. The summed E-state index contributed by atoms with van der Waals surface area (Å²) in [7, 11) is 0. The van der Waals surface area contributed by atoms with E-state index in [2.05, 4.69) is 12.6 Å². The number of aliphatic hydroxyl groups excluding tert-OH is 1. The number of rotatable bonds is 5. The Hall–Kier alpha value is -1.04. The standard InChI is InChI=1S/C11H11ClO4S/c12-5-8(13)3-6-1-2-7(4-9(6)17)10(14)11(15)16/h1-2,4,10,14,17H,3,5H2,(H,15,16). The van der Waals surface area contributed by atoms with Gasteiger partial charge in [0.25, 0.3) is 0 Å². The van der Waals surface area contributed by atoms with Gasteiger partial charge in [-0.2, -0.15) is 0 Å². The molecule has 1 aromatic carbocycles. The molecule has 92 valence electrons. The number of hydrogen-bond acceptors (Lipinski definition) is 4. The highest BCUT2D eigenvalue weighted by molar-refractivity contribution is 7.80. The third kappa shape index (κ3) is 3.73. The van der Waals surface area contributed by atoms with Gasteiger partial charge in [0, 0.05) is 11.3 Å². The Kier molecular flexibility index (Phi) is 4.99. The van der Waals surface area contributed by atoms with Crippen molar-refractivity contribution in [1.29, 1.82) is 0 Å². The van der Waals surface area contributed by atoms with E-state index < -0.39 is 12.1 Å². The molecule has 0 aromatic heterocycles. The first kappa shape index (κ1) is 14.0. The molecule has 1 atom stereocenters. The number of ketones is 1. The monoisotopic (exact) mass is 274 g/mol. The van der Waals surface area contributed by atoms with Crippen molar-refractivity contribution in [2.45, 2.75) is 17.4 Å². The maximum Gasteiger partial charge on any atom is 0.337 e. The smallest absolute Gasteiger partial charge is 0.337 e. The minimum Gasteiger partial charge on any atom is -0.479 e. The maximum atomic E-state index is 11.2. The molecule has 1 aromatic rings. The van der Waals surface area contributed by atoms with Crippen LogP contribution < -0.4 is 0 Å². The number of aliphatic carboxylic acids is 1. The summed E-state index contributed by atoms with van der Waals surface area (Å²) in [5.41, 5.74) is 0.880. The molecule has 0 heterocycles. The molecule has 0 spiro atoms. The molecular weight excluding hydrogens is 264 g/mol. The Bertz CT molecular complexity index is 447. The molecule has 6 heteroatoms. The second kappa shape index (κ2) is 6.05. The van der Waals surface area contributed by atoms with Crippen molar-refractivity contribution in [2.24, 2.45) is 0 Å². The van der Waals surface area contributed by atoms with Crippen LogP contribution in [0, 0.1) is 0 Å². The van der Waals surface area contributed by atoms with Gasteiger partial charge in [-0.1, -0.05) is 12.1 Å². The normalized spacial score (nSPS) is 12.2. The molecule has 0 aliphatic carbocycles. The highest BCUT2D eigenvalue weighted by Gasteiger charge is 2.17. The summed E-state index contributed by atoms with van der Waals surface area (Å²) in [6, 6.07) is 4.45. The predicted octanol–water partition coefficient (Wildman–Crippen LogP) is 1.44. The number of carboxylic acids is 1. The van der Waals surface area contributed by atoms with Crippen LogP contribution in [-0.4, -0.2) is 27.8 Å². The Labute approximate surface area is 109 Å². The maximum absolute atomic E-state index is 11.2. The van der Waals surface area contributed by atoms with E-state index >= 15 is 0 Å². The highest BCUT2D eigenvalue weighted by atomic mass is 35.5. The van der Waals surface area contributed by atoms with Gasteiger partial charge in [-0.15, -0.1) is 24.2 Å². The van der Waals surface area contributed by atoms with Gasteiger partial charge in [0.05, 0.1) is 5.88 Å². The predicted molar refractivity (Wildman–Crippen MR) is 65.7 cm³/mol. The van der Waals surface area contributed by atoms with E-state index in [1.165, 1.54) is 12.1 Å². The summed E-state index contributed by atoms with van der Waals surface area (Å²) in [5, 5.41) is 18.0. The molecule has 0 fully saturated rings. The molecule has 1 rings (SSSR count). The van der Waals surface area contributed by atoms with Gasteiger partial charge in [0.1, 0.15) is 0 Å². The lowest BCUT2D eigenvalue weighted by Crippen LogP contribution is -2.11. The quantitative estimate of drug-likeness (QED) is 0.561. The third-order valence-electron chi connectivity index (χ3n) is 2.20. The minimum atomic E-state index is -1.58. The van der Waals surface area contributed by atoms with Crippen molar-refractivity contribution in [2.75, 3.05) is 5.88 Å². The van der Waals surface area contributed by atoms with Crippen molar-refractivity contribution in [1.82, 2.24) is 0 Å². The van der Waals surface area contributed by atoms with Crippen LogP contribution in [0.15, 0.2) is 23.1 Å². The van der Waals surface area contributed by atoms with Crippen LogP contribution in [0.4, 0.5) is 0 Å². The molecule has 0 bridgehead atoms. The van der Waals surface area contributed by atoms with Crippen LogP contribution >= 0.6 is 24.2 Å². The highest BCUT2D eigenvalue weighted by Crippen LogP contribution is 2.21. The number of alkyl halides is 1. The second-order valence-corrected chi connectivity index (χ2v) is 4.23. The summed E-state index contributed by atoms with van der Waals surface area (Å²) in [6.07, 6.45) is -1.44. The number of carbonyl (C=O) groups is 2. The lowest BCUT2D eigenvalue weighted by atomic mass is 10.0. The fraction of sp³-hybridized carbons (Fsp3) is 0.273. The molecule has 4 nitrogen and oxygen atoms in total. The Balaban J connectivity index is 2.93. The van der Waals surface area contributed by atoms with E-state index in [0.717, 1.165) is 0 Å². The fourth-order valence-corrected chi connectivity index (χ4v) is 1.70. The second-order valence-electron chi connectivity index (χ2n) is 3.48. The Morgan fingerprint density at radius 1 is 1.41 bits per heavy atom. The first-order chi connectivity index (χ1) is 7.95. The number of benzene rings is 1. The summed E-state index contributed by atoms with van der Waals surface area (Å²) in [5.74, 6) is -1.55. The van der Waals surface area contributed by atoms with E-state index in [4.69, 9.17) is 16.7 Å². The molecule has 17 heavy (non-hydrogen) atoms. The van der Waals surface area contributed by atoms with Crippen LogP contribution in [0.25, 0.3) is 0 Å². The van der Waals surface area contributed by atoms with Gasteiger partial charge in [0.2, 0.25) is 0 Å². The molecule has 0 amide bonds. The number of thiol groups is 1. The molecule has 0 aliphatic rings. The van der Waals surface area contributed by atoms with E-state index in [1.807, 2.05) is 0 Å². The van der Waals surface area contributed by atoms with E-state index in [1.54, 1.807) is 6.07 Å². The van der Waals surface area contributed by atoms with Crippen molar-refractivity contribution in [3.05, 3.63) is 29.3 Å². The first-order valence-corrected chi connectivity index (χ1v) is 5.74. The largest absolute Gasteiger partial charge is 0.479 e. The van der Waals surface area contributed by atoms with Crippen LogP contribution in [0.3, 0.4) is 0 Å². The number of carboxylic acid groups (broad SMARTS) is 1. The lowest BCUT2D eigenvalue weighted by molar-refractivity contribution is -0.147. The summed E-state index contributed by atoms with van der Waals surface area (Å²) in [4.78, 5) is 22.2. The summed E-state index contributed by atoms with van der Waals surface area (Å²) < 4.78 is 0. The van der Waals surface area contributed by atoms with Gasteiger partial charge in [-0.25, -0.2) is 4.79 Å². The van der Waals surface area contributed by atoms with E-state index in [9.17, 15) is 14.7 Å². The minimum absolute atomic E-state index is 0.0767. The zero-order valence-corrected chi connectivity index (χ0v) is 10.4. The fourth-order valence-electron chi connectivity index (χ4n) is 1.30. The first-order valence-electron chi connectivity index (χ1n) is 4.76. The zero-order valence-electron chi connectivity index (χ0n) is 8.76. The number of halogens is 1. The van der Waals surface area contributed by atoms with Crippen LogP contribution in [0.5, 0.6) is 0 Å². The van der Waals surface area contributed by atoms with Crippen molar-refractivity contribution in [3.8, 4) is 0 Å². The molecule has 1 unspecified atom stereocenters. The van der Waals surface area contributed by atoms with Crippen molar-refractivity contribution in [3.63, 3.8) is 0 Å². The van der Waals surface area contributed by atoms with Crippen molar-refractivity contribution < 1.29 is 19.8 Å². The topological polar surface area (TPSA) is 74.6 Å². The van der Waals surface area contributed by atoms with Gasteiger partial charge < -0.3 is 10.2 Å². The average Bonchev–Trinajstić information content (AvgIpc) is 2.30. The van der Waals surface area contributed by atoms with Crippen molar-refractivity contribution >= 4 is 36.0 Å². The van der Waals surface area contributed by atoms with E-state index in [0.29, 0.717) is 10.5 Å². The molecule has 0 radical (unpaired) electrons. The summed E-state index contributed by atoms with van der Waals surface area (Å²) >= 11 is 9.53. The average molecular weight is 275 g/mol. The Morgan fingerprint density at radius 3 is 2.53 bits per heavy atom. The SMILES string of the molecule is O=C(CCl)Cc1ccc(C(O)C(=O)O)cc1S. The lowest BCUT2D eigenvalue weighted by Gasteiger charge is -2.09. The van der Waals surface area contributed by atoms with Gasteiger partial charge in [-0.05, 0) is 17.2 Å². The molecule has 0 aliphatic heterocycles. The molecule has 0 saturated carbocycles. The zero-order chi connectivity index (χ0) is 13.0. The van der Waals surface area contributed by atoms with Gasteiger partial charge in [-0.3, -0.25) is 4.79 Å². The van der Waals surface area contributed by atoms with Gasteiger partial charge in [0.15, 0.2) is 11.9 Å². The number of carbonyl (C=O) groups excluding carboxylic acids is 1.